The van der Waals surface area contributed by atoms with Crippen molar-refractivity contribution >= 4 is 28.3 Å². The molecule has 0 aliphatic carbocycles. The molecule has 0 radical (unpaired) electrons. The van der Waals surface area contributed by atoms with E-state index in [2.05, 4.69) is 5.32 Å². The minimum absolute atomic E-state index is 0.131. The fraction of sp³-hybridized carbons (Fsp3) is 0.267. The van der Waals surface area contributed by atoms with Gasteiger partial charge in [-0.1, -0.05) is 30.3 Å². The van der Waals surface area contributed by atoms with Crippen molar-refractivity contribution < 1.29 is 9.53 Å². The van der Waals surface area contributed by atoms with Crippen LogP contribution in [0.15, 0.2) is 42.5 Å². The lowest BCUT2D eigenvalue weighted by molar-refractivity contribution is 0.0907. The number of rotatable bonds is 5. The van der Waals surface area contributed by atoms with Gasteiger partial charge in [-0.2, -0.15) is 0 Å². The van der Waals surface area contributed by atoms with Gasteiger partial charge in [0.2, 0.25) is 0 Å². The molecule has 0 heterocycles. The largest absolute Gasteiger partial charge is 0.383 e. The Morgan fingerprint density at radius 3 is 2.68 bits per heavy atom. The average Bonchev–Trinajstić information content (AvgIpc) is 2.46. The van der Waals surface area contributed by atoms with Gasteiger partial charge in [0.15, 0.2) is 0 Å². The molecule has 2 aromatic rings. The Morgan fingerprint density at radius 2 is 2.00 bits per heavy atom. The number of carbonyl (C=O) groups excluding carboxylic acids is 1. The van der Waals surface area contributed by atoms with E-state index in [1.54, 1.807) is 7.11 Å². The minimum Gasteiger partial charge on any atom is -0.383 e. The zero-order chi connectivity index (χ0) is 13.7. The van der Waals surface area contributed by atoms with Crippen LogP contribution in [0.3, 0.4) is 0 Å². The molecule has 0 aromatic heterocycles. The summed E-state index contributed by atoms with van der Waals surface area (Å²) in [5, 5.41) is 5.01. The van der Waals surface area contributed by atoms with Gasteiger partial charge < -0.3 is 10.1 Å². The van der Waals surface area contributed by atoms with Gasteiger partial charge in [-0.3, -0.25) is 4.79 Å². The van der Waals surface area contributed by atoms with Crippen molar-refractivity contribution in [2.24, 2.45) is 0 Å². The first-order chi connectivity index (χ1) is 9.24. The van der Waals surface area contributed by atoms with Crippen LogP contribution in [0.5, 0.6) is 0 Å². The van der Waals surface area contributed by atoms with Gasteiger partial charge in [-0.25, -0.2) is 0 Å². The number of ether oxygens (including phenoxy) is 1. The van der Waals surface area contributed by atoms with Gasteiger partial charge in [-0.05, 0) is 22.9 Å². The van der Waals surface area contributed by atoms with Gasteiger partial charge in [-0.15, -0.1) is 11.6 Å². The summed E-state index contributed by atoms with van der Waals surface area (Å²) in [6.07, 6.45) is 0. The second-order valence-corrected chi connectivity index (χ2v) is 4.65. The number of methoxy groups -OCH3 is 1. The Bertz CT molecular complexity index is 571. The third-order valence-electron chi connectivity index (χ3n) is 2.90. The van der Waals surface area contributed by atoms with Gasteiger partial charge in [0, 0.05) is 18.6 Å². The molecule has 1 atom stereocenters. The highest BCUT2D eigenvalue weighted by Crippen LogP contribution is 2.15. The third kappa shape index (κ3) is 3.46. The highest BCUT2D eigenvalue weighted by molar-refractivity contribution is 6.18. The number of alkyl halides is 1. The Kier molecular flexibility index (Phi) is 4.77. The van der Waals surface area contributed by atoms with Crippen molar-refractivity contribution in [3.63, 3.8) is 0 Å². The van der Waals surface area contributed by atoms with Gasteiger partial charge in [0.05, 0.1) is 12.6 Å². The van der Waals surface area contributed by atoms with Crippen LogP contribution < -0.4 is 5.32 Å². The van der Waals surface area contributed by atoms with E-state index in [1.807, 2.05) is 42.5 Å². The van der Waals surface area contributed by atoms with Crippen molar-refractivity contribution in [3.05, 3.63) is 48.0 Å². The molecule has 1 amide bonds. The summed E-state index contributed by atoms with van der Waals surface area (Å²) in [7, 11) is 1.59. The first kappa shape index (κ1) is 13.8. The van der Waals surface area contributed by atoms with Crippen molar-refractivity contribution in [1.29, 1.82) is 0 Å². The van der Waals surface area contributed by atoms with E-state index in [1.165, 1.54) is 0 Å². The molecule has 100 valence electrons. The normalized spacial score (nSPS) is 12.3. The molecular formula is C15H16ClNO2. The Morgan fingerprint density at radius 1 is 1.26 bits per heavy atom. The Hall–Kier alpha value is -1.58. The first-order valence-corrected chi connectivity index (χ1v) is 6.62. The van der Waals surface area contributed by atoms with Crippen LogP contribution in [-0.4, -0.2) is 31.5 Å². The van der Waals surface area contributed by atoms with E-state index in [9.17, 15) is 4.79 Å². The predicted octanol–water partition coefficient (Wildman–Crippen LogP) is 2.82. The molecule has 2 aromatic carbocycles. The zero-order valence-electron chi connectivity index (χ0n) is 10.7. The maximum absolute atomic E-state index is 12.1. The second kappa shape index (κ2) is 6.55. The molecule has 3 nitrogen and oxygen atoms in total. The number of carbonyl (C=O) groups is 1. The minimum atomic E-state index is -0.175. The fourth-order valence-electron chi connectivity index (χ4n) is 1.93. The summed E-state index contributed by atoms with van der Waals surface area (Å²) in [5.74, 6) is 0.195. The zero-order valence-corrected chi connectivity index (χ0v) is 11.5. The van der Waals surface area contributed by atoms with Gasteiger partial charge in [0.1, 0.15) is 0 Å². The van der Waals surface area contributed by atoms with E-state index >= 15 is 0 Å². The molecule has 1 N–H and O–H groups in total. The molecular weight excluding hydrogens is 262 g/mol. The Labute approximate surface area is 117 Å². The van der Waals surface area contributed by atoms with Crippen LogP contribution in [0, 0.1) is 0 Å². The monoisotopic (exact) mass is 277 g/mol. The Balaban J connectivity index is 2.16. The quantitative estimate of drug-likeness (QED) is 0.854. The smallest absolute Gasteiger partial charge is 0.251 e. The number of benzene rings is 2. The molecule has 0 saturated carbocycles. The standard InChI is InChI=1S/C15H16ClNO2/c1-19-10-14(9-16)17-15(18)13-7-6-11-4-2-3-5-12(11)8-13/h2-8,14H,9-10H2,1H3,(H,17,18). The van der Waals surface area contributed by atoms with Crippen LogP contribution in [0.2, 0.25) is 0 Å². The van der Waals surface area contributed by atoms with Crippen LogP contribution in [0.25, 0.3) is 10.8 Å². The van der Waals surface area contributed by atoms with E-state index in [-0.39, 0.29) is 11.9 Å². The maximum Gasteiger partial charge on any atom is 0.251 e. The summed E-state index contributed by atoms with van der Waals surface area (Å²) in [6.45, 7) is 0.406. The molecule has 0 aliphatic heterocycles. The molecule has 0 bridgehead atoms. The molecule has 0 saturated heterocycles. The number of amides is 1. The van der Waals surface area contributed by atoms with Gasteiger partial charge in [0.25, 0.3) is 5.91 Å². The SMILES string of the molecule is COCC(CCl)NC(=O)c1ccc2ccccc2c1. The lowest BCUT2D eigenvalue weighted by Crippen LogP contribution is -2.39. The average molecular weight is 278 g/mol. The second-order valence-electron chi connectivity index (χ2n) is 4.34. The molecule has 4 heteroatoms. The fourth-order valence-corrected chi connectivity index (χ4v) is 2.09. The van der Waals surface area contributed by atoms with Crippen molar-refractivity contribution in [3.8, 4) is 0 Å². The summed E-state index contributed by atoms with van der Waals surface area (Å²) >= 11 is 5.78. The van der Waals surface area contributed by atoms with Crippen LogP contribution >= 0.6 is 11.6 Å². The van der Waals surface area contributed by atoms with Crippen molar-refractivity contribution in [2.75, 3.05) is 19.6 Å². The maximum atomic E-state index is 12.1. The molecule has 2 rings (SSSR count). The van der Waals surface area contributed by atoms with E-state index in [4.69, 9.17) is 16.3 Å². The van der Waals surface area contributed by atoms with E-state index in [0.717, 1.165) is 10.8 Å². The third-order valence-corrected chi connectivity index (χ3v) is 3.27. The lowest BCUT2D eigenvalue weighted by Gasteiger charge is -2.15. The lowest BCUT2D eigenvalue weighted by atomic mass is 10.1. The van der Waals surface area contributed by atoms with Crippen LogP contribution in [0.4, 0.5) is 0 Å². The van der Waals surface area contributed by atoms with E-state index < -0.39 is 0 Å². The van der Waals surface area contributed by atoms with E-state index in [0.29, 0.717) is 18.1 Å². The number of hydrogen-bond acceptors (Lipinski definition) is 2. The summed E-state index contributed by atoms with van der Waals surface area (Å²) in [5.41, 5.74) is 0.630. The molecule has 0 fully saturated rings. The molecule has 0 spiro atoms. The van der Waals surface area contributed by atoms with Gasteiger partial charge >= 0.3 is 0 Å². The number of fused-ring (bicyclic) bond motifs is 1. The molecule has 1 unspecified atom stereocenters. The first-order valence-electron chi connectivity index (χ1n) is 6.09. The van der Waals surface area contributed by atoms with Crippen LogP contribution in [-0.2, 0) is 4.74 Å². The summed E-state index contributed by atoms with van der Waals surface area (Å²) in [4.78, 5) is 12.1. The topological polar surface area (TPSA) is 38.3 Å². The molecule has 19 heavy (non-hydrogen) atoms. The number of halogens is 1. The highest BCUT2D eigenvalue weighted by Gasteiger charge is 2.12. The molecule has 0 aliphatic rings. The number of nitrogens with one attached hydrogen (secondary N) is 1. The van der Waals surface area contributed by atoms with Crippen LogP contribution in [0.1, 0.15) is 10.4 Å². The highest BCUT2D eigenvalue weighted by atomic mass is 35.5. The summed E-state index contributed by atoms with van der Waals surface area (Å²) in [6, 6.07) is 13.4. The van der Waals surface area contributed by atoms with Crippen molar-refractivity contribution in [2.45, 2.75) is 6.04 Å². The number of hydrogen-bond donors (Lipinski definition) is 1. The summed E-state index contributed by atoms with van der Waals surface area (Å²) < 4.78 is 5.00. The predicted molar refractivity (Wildman–Crippen MR) is 77.8 cm³/mol. The van der Waals surface area contributed by atoms with Crippen molar-refractivity contribution in [1.82, 2.24) is 5.32 Å².